The summed E-state index contributed by atoms with van der Waals surface area (Å²) in [4.78, 5) is 21.1. The van der Waals surface area contributed by atoms with Crippen molar-refractivity contribution in [3.05, 3.63) is 29.6 Å². The number of hydrogen-bond acceptors (Lipinski definition) is 4. The average Bonchev–Trinajstić information content (AvgIpc) is 2.51. The third kappa shape index (κ3) is 4.79. The predicted octanol–water partition coefficient (Wildman–Crippen LogP) is 1.28. The molecule has 2 N–H and O–H groups in total. The maximum absolute atomic E-state index is 12.4. The fourth-order valence-corrected chi connectivity index (χ4v) is 2.66. The van der Waals surface area contributed by atoms with Gasteiger partial charge in [-0.25, -0.2) is 4.98 Å². The number of piperazine rings is 1. The van der Waals surface area contributed by atoms with E-state index in [0.717, 1.165) is 51.4 Å². The summed E-state index contributed by atoms with van der Waals surface area (Å²) in [5.41, 5.74) is 6.95. The van der Waals surface area contributed by atoms with Gasteiger partial charge in [-0.15, -0.1) is 0 Å². The molecular weight excluding hydrogens is 264 g/mol. The first-order valence-corrected chi connectivity index (χ1v) is 7.86. The molecule has 5 nitrogen and oxygen atoms in total. The van der Waals surface area contributed by atoms with Crippen LogP contribution in [0.25, 0.3) is 0 Å². The SMILES string of the molecule is Cc1cccc(C(=O)N2CCN(CCCCCN)CC2)n1. The molecule has 0 aliphatic carbocycles. The highest BCUT2D eigenvalue weighted by Gasteiger charge is 2.22. The minimum absolute atomic E-state index is 0.0569. The number of carbonyl (C=O) groups is 1. The number of nitrogens with zero attached hydrogens (tertiary/aromatic N) is 3. The van der Waals surface area contributed by atoms with Crippen LogP contribution in [0.2, 0.25) is 0 Å². The topological polar surface area (TPSA) is 62.5 Å². The Balaban J connectivity index is 1.77. The Bertz CT molecular complexity index is 455. The number of pyridine rings is 1. The summed E-state index contributed by atoms with van der Waals surface area (Å²) in [6.45, 7) is 7.32. The van der Waals surface area contributed by atoms with E-state index in [4.69, 9.17) is 5.73 Å². The molecule has 1 aromatic heterocycles. The van der Waals surface area contributed by atoms with Gasteiger partial charge in [-0.1, -0.05) is 12.5 Å². The number of aromatic nitrogens is 1. The van der Waals surface area contributed by atoms with Crippen LogP contribution in [0.1, 0.15) is 35.4 Å². The Labute approximate surface area is 127 Å². The molecule has 0 atom stereocenters. The molecule has 1 aliphatic heterocycles. The molecule has 0 saturated carbocycles. The van der Waals surface area contributed by atoms with Gasteiger partial charge in [-0.05, 0) is 45.0 Å². The van der Waals surface area contributed by atoms with Crippen LogP contribution in [-0.2, 0) is 0 Å². The van der Waals surface area contributed by atoms with Gasteiger partial charge < -0.3 is 10.6 Å². The summed E-state index contributed by atoms with van der Waals surface area (Å²) < 4.78 is 0. The molecule has 5 heteroatoms. The molecular formula is C16H26N4O. The zero-order valence-corrected chi connectivity index (χ0v) is 12.9. The Morgan fingerprint density at radius 3 is 2.62 bits per heavy atom. The van der Waals surface area contributed by atoms with Gasteiger partial charge in [0, 0.05) is 31.9 Å². The van der Waals surface area contributed by atoms with Crippen molar-refractivity contribution in [3.63, 3.8) is 0 Å². The van der Waals surface area contributed by atoms with E-state index in [2.05, 4.69) is 9.88 Å². The largest absolute Gasteiger partial charge is 0.335 e. The Hall–Kier alpha value is -1.46. The van der Waals surface area contributed by atoms with E-state index in [9.17, 15) is 4.79 Å². The summed E-state index contributed by atoms with van der Waals surface area (Å²) in [7, 11) is 0. The molecule has 1 amide bonds. The summed E-state index contributed by atoms with van der Waals surface area (Å²) >= 11 is 0. The molecule has 0 radical (unpaired) electrons. The van der Waals surface area contributed by atoms with Crippen molar-refractivity contribution in [3.8, 4) is 0 Å². The van der Waals surface area contributed by atoms with Crippen LogP contribution in [0.5, 0.6) is 0 Å². The van der Waals surface area contributed by atoms with E-state index < -0.39 is 0 Å². The van der Waals surface area contributed by atoms with Gasteiger partial charge in [0.25, 0.3) is 5.91 Å². The van der Waals surface area contributed by atoms with Crippen molar-refractivity contribution < 1.29 is 4.79 Å². The van der Waals surface area contributed by atoms with Gasteiger partial charge in [-0.3, -0.25) is 9.69 Å². The lowest BCUT2D eigenvalue weighted by atomic mass is 10.2. The van der Waals surface area contributed by atoms with Gasteiger partial charge in [0.15, 0.2) is 0 Å². The van der Waals surface area contributed by atoms with E-state index in [1.807, 2.05) is 24.0 Å². The van der Waals surface area contributed by atoms with E-state index in [0.29, 0.717) is 5.69 Å². The zero-order chi connectivity index (χ0) is 15.1. The Morgan fingerprint density at radius 1 is 1.19 bits per heavy atom. The number of unbranched alkanes of at least 4 members (excludes halogenated alkanes) is 2. The third-order valence-electron chi connectivity index (χ3n) is 3.95. The van der Waals surface area contributed by atoms with Crippen LogP contribution in [-0.4, -0.2) is 60.0 Å². The van der Waals surface area contributed by atoms with E-state index in [-0.39, 0.29) is 5.91 Å². The standard InChI is InChI=1S/C16H26N4O/c1-14-6-5-7-15(18-14)16(21)20-12-10-19(11-13-20)9-4-2-3-8-17/h5-7H,2-4,8-13,17H2,1H3. The normalized spacial score (nSPS) is 16.2. The van der Waals surface area contributed by atoms with Crippen molar-refractivity contribution in [2.24, 2.45) is 5.73 Å². The van der Waals surface area contributed by atoms with Crippen LogP contribution < -0.4 is 5.73 Å². The van der Waals surface area contributed by atoms with Gasteiger partial charge in [0.05, 0.1) is 0 Å². The van der Waals surface area contributed by atoms with E-state index in [1.165, 1.54) is 12.8 Å². The monoisotopic (exact) mass is 290 g/mol. The Morgan fingerprint density at radius 2 is 1.95 bits per heavy atom. The minimum atomic E-state index is 0.0569. The third-order valence-corrected chi connectivity index (χ3v) is 3.95. The molecule has 0 bridgehead atoms. The second-order valence-electron chi connectivity index (χ2n) is 5.65. The molecule has 21 heavy (non-hydrogen) atoms. The van der Waals surface area contributed by atoms with Crippen LogP contribution >= 0.6 is 0 Å². The van der Waals surface area contributed by atoms with E-state index in [1.54, 1.807) is 6.07 Å². The zero-order valence-electron chi connectivity index (χ0n) is 12.9. The molecule has 1 aromatic rings. The van der Waals surface area contributed by atoms with Gasteiger partial charge in [-0.2, -0.15) is 0 Å². The second kappa shape index (κ2) is 8.10. The maximum Gasteiger partial charge on any atom is 0.272 e. The lowest BCUT2D eigenvalue weighted by Gasteiger charge is -2.34. The summed E-state index contributed by atoms with van der Waals surface area (Å²) in [5.74, 6) is 0.0569. The highest BCUT2D eigenvalue weighted by Crippen LogP contribution is 2.09. The highest BCUT2D eigenvalue weighted by molar-refractivity contribution is 5.92. The number of rotatable bonds is 6. The first kappa shape index (κ1) is 15.9. The molecule has 1 saturated heterocycles. The highest BCUT2D eigenvalue weighted by atomic mass is 16.2. The number of nitrogens with two attached hydrogens (primary N) is 1. The van der Waals surface area contributed by atoms with Gasteiger partial charge in [0.2, 0.25) is 0 Å². The van der Waals surface area contributed by atoms with Gasteiger partial charge >= 0.3 is 0 Å². The maximum atomic E-state index is 12.4. The lowest BCUT2D eigenvalue weighted by Crippen LogP contribution is -2.49. The molecule has 2 rings (SSSR count). The summed E-state index contributed by atoms with van der Waals surface area (Å²) in [6.07, 6.45) is 3.50. The number of amides is 1. The minimum Gasteiger partial charge on any atom is -0.335 e. The molecule has 0 unspecified atom stereocenters. The fraction of sp³-hybridized carbons (Fsp3) is 0.625. The molecule has 0 aromatic carbocycles. The van der Waals surface area contributed by atoms with Crippen molar-refractivity contribution >= 4 is 5.91 Å². The van der Waals surface area contributed by atoms with Crippen molar-refractivity contribution in [1.82, 2.24) is 14.8 Å². The predicted molar refractivity (Wildman–Crippen MR) is 84.2 cm³/mol. The summed E-state index contributed by atoms with van der Waals surface area (Å²) in [6, 6.07) is 5.61. The lowest BCUT2D eigenvalue weighted by molar-refractivity contribution is 0.0629. The van der Waals surface area contributed by atoms with Crippen LogP contribution in [0.3, 0.4) is 0 Å². The van der Waals surface area contributed by atoms with E-state index >= 15 is 0 Å². The van der Waals surface area contributed by atoms with Crippen molar-refractivity contribution in [1.29, 1.82) is 0 Å². The first-order valence-electron chi connectivity index (χ1n) is 7.86. The summed E-state index contributed by atoms with van der Waals surface area (Å²) in [5, 5.41) is 0. The number of hydrogen-bond donors (Lipinski definition) is 1. The molecule has 116 valence electrons. The van der Waals surface area contributed by atoms with Crippen LogP contribution in [0.4, 0.5) is 0 Å². The number of aryl methyl sites for hydroxylation is 1. The quantitative estimate of drug-likeness (QED) is 0.802. The van der Waals surface area contributed by atoms with Crippen molar-refractivity contribution in [2.45, 2.75) is 26.2 Å². The average molecular weight is 290 g/mol. The Kier molecular flexibility index (Phi) is 6.14. The second-order valence-corrected chi connectivity index (χ2v) is 5.65. The molecule has 1 aliphatic rings. The van der Waals surface area contributed by atoms with Crippen LogP contribution in [0.15, 0.2) is 18.2 Å². The van der Waals surface area contributed by atoms with Gasteiger partial charge in [0.1, 0.15) is 5.69 Å². The number of carbonyl (C=O) groups excluding carboxylic acids is 1. The first-order chi connectivity index (χ1) is 10.2. The van der Waals surface area contributed by atoms with Crippen LogP contribution in [0, 0.1) is 6.92 Å². The molecule has 1 fully saturated rings. The van der Waals surface area contributed by atoms with Crippen molar-refractivity contribution in [2.75, 3.05) is 39.3 Å². The smallest absolute Gasteiger partial charge is 0.272 e. The molecule has 2 heterocycles. The fourth-order valence-electron chi connectivity index (χ4n) is 2.66. The molecule has 0 spiro atoms.